The maximum atomic E-state index is 13.0. The Bertz CT molecular complexity index is 963. The van der Waals surface area contributed by atoms with Crippen LogP contribution in [0.15, 0.2) is 47.4 Å². The fourth-order valence-corrected chi connectivity index (χ4v) is 3.58. The van der Waals surface area contributed by atoms with E-state index in [1.54, 1.807) is 14.1 Å². The number of hydrogen-bond acceptors (Lipinski definition) is 4. The van der Waals surface area contributed by atoms with Crippen LogP contribution < -0.4 is 10.0 Å². The Labute approximate surface area is 161 Å². The lowest BCUT2D eigenvalue weighted by Crippen LogP contribution is -2.36. The van der Waals surface area contributed by atoms with E-state index in [1.807, 2.05) is 0 Å². The molecule has 0 bridgehead atoms. The van der Waals surface area contributed by atoms with Gasteiger partial charge in [0, 0.05) is 25.3 Å². The number of carbonyl (C=O) groups excluding carboxylic acids is 2. The minimum absolute atomic E-state index is 0.0189. The molecular weight excluding hydrogens is 397 g/mol. The molecule has 0 heterocycles. The van der Waals surface area contributed by atoms with Crippen molar-refractivity contribution in [2.75, 3.05) is 25.4 Å². The highest BCUT2D eigenvalue weighted by Crippen LogP contribution is 2.25. The van der Waals surface area contributed by atoms with Gasteiger partial charge in [0.05, 0.1) is 11.6 Å². The van der Waals surface area contributed by atoms with E-state index in [1.165, 1.54) is 29.2 Å². The van der Waals surface area contributed by atoms with Gasteiger partial charge in [-0.25, -0.2) is 12.8 Å². The lowest BCUT2D eigenvalue weighted by molar-refractivity contribution is -0.127. The minimum atomic E-state index is -4.12. The third-order valence-electron chi connectivity index (χ3n) is 3.48. The highest BCUT2D eigenvalue weighted by Gasteiger charge is 2.21. The summed E-state index contributed by atoms with van der Waals surface area (Å²) in [5, 5.41) is 2.31. The number of nitrogens with one attached hydrogen (secondary N) is 2. The van der Waals surface area contributed by atoms with E-state index in [0.29, 0.717) is 0 Å². The number of carbonyl (C=O) groups is 2. The summed E-state index contributed by atoms with van der Waals surface area (Å²) in [6.07, 6.45) is 0. The molecule has 2 aromatic carbocycles. The van der Waals surface area contributed by atoms with Gasteiger partial charge in [0.2, 0.25) is 5.91 Å². The van der Waals surface area contributed by atoms with E-state index in [2.05, 4.69) is 10.0 Å². The van der Waals surface area contributed by atoms with E-state index < -0.39 is 21.7 Å². The molecule has 0 saturated carbocycles. The third-order valence-corrected chi connectivity index (χ3v) is 5.34. The summed E-state index contributed by atoms with van der Waals surface area (Å²) in [6, 6.07) is 8.42. The predicted molar refractivity (Wildman–Crippen MR) is 99.7 cm³/mol. The highest BCUT2D eigenvalue weighted by atomic mass is 35.5. The summed E-state index contributed by atoms with van der Waals surface area (Å²) in [5.74, 6) is -1.45. The SMILES string of the molecule is CN(C)C(=O)CNC(=O)c1ccc(Cl)c(S(=O)(=O)Nc2ccc(F)cc2)c1. The second-order valence-corrected chi connectivity index (χ2v) is 7.79. The largest absolute Gasteiger partial charge is 0.347 e. The van der Waals surface area contributed by atoms with Crippen molar-refractivity contribution in [2.45, 2.75) is 4.90 Å². The van der Waals surface area contributed by atoms with Crippen LogP contribution in [0.25, 0.3) is 0 Å². The number of halogens is 2. The Kier molecular flexibility index (Phi) is 6.40. The van der Waals surface area contributed by atoms with Crippen LogP contribution >= 0.6 is 11.6 Å². The molecule has 0 radical (unpaired) electrons. The molecule has 0 aliphatic carbocycles. The topological polar surface area (TPSA) is 95.6 Å². The number of benzene rings is 2. The van der Waals surface area contributed by atoms with Crippen molar-refractivity contribution in [3.63, 3.8) is 0 Å². The normalized spacial score (nSPS) is 11.0. The monoisotopic (exact) mass is 413 g/mol. The first-order valence-electron chi connectivity index (χ1n) is 7.66. The van der Waals surface area contributed by atoms with Crippen LogP contribution in [-0.4, -0.2) is 45.8 Å². The Hall–Kier alpha value is -2.65. The van der Waals surface area contributed by atoms with Gasteiger partial charge < -0.3 is 10.2 Å². The van der Waals surface area contributed by atoms with Crippen molar-refractivity contribution < 1.29 is 22.4 Å². The average molecular weight is 414 g/mol. The quantitative estimate of drug-likeness (QED) is 0.758. The van der Waals surface area contributed by atoms with Crippen LogP contribution in [0.1, 0.15) is 10.4 Å². The van der Waals surface area contributed by atoms with Crippen molar-refractivity contribution in [3.05, 3.63) is 58.9 Å². The fourth-order valence-electron chi connectivity index (χ4n) is 1.99. The van der Waals surface area contributed by atoms with E-state index in [9.17, 15) is 22.4 Å². The number of rotatable bonds is 6. The fraction of sp³-hybridized carbons (Fsp3) is 0.176. The van der Waals surface area contributed by atoms with Crippen LogP contribution in [0.2, 0.25) is 5.02 Å². The van der Waals surface area contributed by atoms with Gasteiger partial charge in [-0.3, -0.25) is 14.3 Å². The Morgan fingerprint density at radius 3 is 2.33 bits per heavy atom. The number of amides is 2. The summed E-state index contributed by atoms with van der Waals surface area (Å²) >= 11 is 5.97. The maximum Gasteiger partial charge on any atom is 0.263 e. The molecular formula is C17H17ClFN3O4S. The van der Waals surface area contributed by atoms with Gasteiger partial charge in [0.25, 0.3) is 15.9 Å². The van der Waals surface area contributed by atoms with Crippen LogP contribution in [0.4, 0.5) is 10.1 Å². The van der Waals surface area contributed by atoms with Crippen molar-refractivity contribution in [2.24, 2.45) is 0 Å². The molecule has 0 fully saturated rings. The zero-order chi connectivity index (χ0) is 20.2. The average Bonchev–Trinajstić information content (AvgIpc) is 2.61. The van der Waals surface area contributed by atoms with Crippen LogP contribution in [0, 0.1) is 5.82 Å². The van der Waals surface area contributed by atoms with Crippen molar-refractivity contribution >= 4 is 39.1 Å². The molecule has 2 aromatic rings. The second kappa shape index (κ2) is 8.36. The van der Waals surface area contributed by atoms with Gasteiger partial charge in [-0.2, -0.15) is 0 Å². The molecule has 0 aliphatic rings. The summed E-state index contributed by atoms with van der Waals surface area (Å²) in [4.78, 5) is 24.7. The summed E-state index contributed by atoms with van der Waals surface area (Å²) in [7, 11) is -1.03. The van der Waals surface area contributed by atoms with Crippen LogP contribution in [-0.2, 0) is 14.8 Å². The van der Waals surface area contributed by atoms with Gasteiger partial charge in [-0.15, -0.1) is 0 Å². The Morgan fingerprint density at radius 2 is 1.74 bits per heavy atom. The molecule has 0 spiro atoms. The zero-order valence-corrected chi connectivity index (χ0v) is 16.1. The van der Waals surface area contributed by atoms with E-state index in [-0.39, 0.29) is 33.6 Å². The molecule has 0 unspecified atom stereocenters. The Balaban J connectivity index is 2.24. The highest BCUT2D eigenvalue weighted by molar-refractivity contribution is 7.92. The first-order valence-corrected chi connectivity index (χ1v) is 9.52. The van der Waals surface area contributed by atoms with Crippen molar-refractivity contribution in [1.82, 2.24) is 10.2 Å². The number of anilines is 1. The third kappa shape index (κ3) is 5.41. The predicted octanol–water partition coefficient (Wildman–Crippen LogP) is 2.10. The molecule has 2 N–H and O–H groups in total. The standard InChI is InChI=1S/C17H17ClFN3O4S/c1-22(2)16(23)10-20-17(24)11-3-8-14(18)15(9-11)27(25,26)21-13-6-4-12(19)5-7-13/h3-9,21H,10H2,1-2H3,(H,20,24). The molecule has 7 nitrogen and oxygen atoms in total. The molecule has 27 heavy (non-hydrogen) atoms. The first-order chi connectivity index (χ1) is 12.6. The lowest BCUT2D eigenvalue weighted by Gasteiger charge is -2.13. The number of likely N-dealkylation sites (N-methyl/N-ethyl adjacent to an activating group) is 1. The van der Waals surface area contributed by atoms with Crippen molar-refractivity contribution in [3.8, 4) is 0 Å². The van der Waals surface area contributed by atoms with E-state index in [0.717, 1.165) is 18.2 Å². The smallest absolute Gasteiger partial charge is 0.263 e. The molecule has 0 aliphatic heterocycles. The number of nitrogens with zero attached hydrogens (tertiary/aromatic N) is 1. The summed E-state index contributed by atoms with van der Waals surface area (Å²) in [6.45, 7) is -0.232. The lowest BCUT2D eigenvalue weighted by atomic mass is 10.2. The summed E-state index contributed by atoms with van der Waals surface area (Å²) < 4.78 is 40.3. The number of hydrogen-bond donors (Lipinski definition) is 2. The molecule has 2 amide bonds. The van der Waals surface area contributed by atoms with Crippen LogP contribution in [0.5, 0.6) is 0 Å². The maximum absolute atomic E-state index is 13.0. The van der Waals surface area contributed by atoms with E-state index >= 15 is 0 Å². The second-order valence-electron chi connectivity index (χ2n) is 5.73. The Morgan fingerprint density at radius 1 is 1.11 bits per heavy atom. The molecule has 10 heteroatoms. The molecule has 0 saturated heterocycles. The summed E-state index contributed by atoms with van der Waals surface area (Å²) in [5.41, 5.74) is 0.157. The molecule has 2 rings (SSSR count). The number of sulfonamides is 1. The van der Waals surface area contributed by atoms with Gasteiger partial charge in [0.1, 0.15) is 10.7 Å². The van der Waals surface area contributed by atoms with Gasteiger partial charge in [-0.05, 0) is 42.5 Å². The minimum Gasteiger partial charge on any atom is -0.347 e. The molecule has 0 atom stereocenters. The van der Waals surface area contributed by atoms with Gasteiger partial charge >= 0.3 is 0 Å². The van der Waals surface area contributed by atoms with Gasteiger partial charge in [-0.1, -0.05) is 11.6 Å². The van der Waals surface area contributed by atoms with E-state index in [4.69, 9.17) is 11.6 Å². The molecule has 0 aromatic heterocycles. The zero-order valence-electron chi connectivity index (χ0n) is 14.5. The van der Waals surface area contributed by atoms with Crippen molar-refractivity contribution in [1.29, 1.82) is 0 Å². The van der Waals surface area contributed by atoms with Gasteiger partial charge in [0.15, 0.2) is 0 Å². The molecule has 144 valence electrons. The van der Waals surface area contributed by atoms with Crippen LogP contribution in [0.3, 0.4) is 0 Å². The first kappa shape index (κ1) is 20.7.